The fourth-order valence-corrected chi connectivity index (χ4v) is 1.05. The average Bonchev–Trinajstić information content (AvgIpc) is 2.11. The van der Waals surface area contributed by atoms with Crippen molar-refractivity contribution in [3.05, 3.63) is 35.4 Å². The van der Waals surface area contributed by atoms with Gasteiger partial charge in [0.1, 0.15) is 11.6 Å². The summed E-state index contributed by atoms with van der Waals surface area (Å²) < 4.78 is 49.9. The molecule has 0 fully saturated rings. The van der Waals surface area contributed by atoms with Gasteiger partial charge in [0, 0.05) is 5.56 Å². The zero-order valence-corrected chi connectivity index (χ0v) is 7.18. The first-order chi connectivity index (χ1) is 6.52. The molecule has 1 rings (SSSR count). The fourth-order valence-electron chi connectivity index (χ4n) is 1.05. The summed E-state index contributed by atoms with van der Waals surface area (Å²) in [5.74, 6) is -1.69. The molecule has 0 radical (unpaired) electrons. The van der Waals surface area contributed by atoms with Gasteiger partial charge in [-0.3, -0.25) is 0 Å². The van der Waals surface area contributed by atoms with Crippen LogP contribution in [0.4, 0.5) is 17.6 Å². The SMILES string of the molecule is NC(Cc1c(F)cccc1F)C(F)F. The first-order valence-electron chi connectivity index (χ1n) is 3.99. The molecule has 1 unspecified atom stereocenters. The van der Waals surface area contributed by atoms with Crippen molar-refractivity contribution in [3.63, 3.8) is 0 Å². The van der Waals surface area contributed by atoms with E-state index >= 15 is 0 Å². The molecule has 78 valence electrons. The van der Waals surface area contributed by atoms with E-state index in [0.717, 1.165) is 12.1 Å². The molecule has 0 bridgehead atoms. The molecule has 0 saturated carbocycles. The summed E-state index contributed by atoms with van der Waals surface area (Å²) in [4.78, 5) is 0. The monoisotopic (exact) mass is 207 g/mol. The van der Waals surface area contributed by atoms with E-state index in [-0.39, 0.29) is 5.56 Å². The van der Waals surface area contributed by atoms with Crippen molar-refractivity contribution in [2.24, 2.45) is 5.73 Å². The second-order valence-corrected chi connectivity index (χ2v) is 2.90. The van der Waals surface area contributed by atoms with Gasteiger partial charge in [0.15, 0.2) is 0 Å². The first kappa shape index (κ1) is 11.0. The summed E-state index contributed by atoms with van der Waals surface area (Å²) in [6, 6.07) is 1.65. The van der Waals surface area contributed by atoms with Crippen LogP contribution in [0.1, 0.15) is 5.56 Å². The van der Waals surface area contributed by atoms with Gasteiger partial charge in [-0.2, -0.15) is 0 Å². The lowest BCUT2D eigenvalue weighted by Gasteiger charge is -2.11. The van der Waals surface area contributed by atoms with Crippen LogP contribution in [0.2, 0.25) is 0 Å². The Labute approximate surface area is 78.5 Å². The summed E-state index contributed by atoms with van der Waals surface area (Å²) in [6.45, 7) is 0. The molecule has 0 aliphatic carbocycles. The van der Waals surface area contributed by atoms with Crippen LogP contribution in [0, 0.1) is 11.6 Å². The zero-order chi connectivity index (χ0) is 10.7. The number of hydrogen-bond donors (Lipinski definition) is 1. The molecule has 5 heteroatoms. The van der Waals surface area contributed by atoms with E-state index in [1.54, 1.807) is 0 Å². The van der Waals surface area contributed by atoms with Gasteiger partial charge in [-0.15, -0.1) is 0 Å². The van der Waals surface area contributed by atoms with E-state index in [1.165, 1.54) is 6.07 Å². The van der Waals surface area contributed by atoms with Crippen molar-refractivity contribution >= 4 is 0 Å². The molecular weight excluding hydrogens is 198 g/mol. The van der Waals surface area contributed by atoms with Gasteiger partial charge in [0.25, 0.3) is 6.43 Å². The molecule has 0 aromatic heterocycles. The number of hydrogen-bond acceptors (Lipinski definition) is 1. The minimum absolute atomic E-state index is 0.389. The Balaban J connectivity index is 2.85. The highest BCUT2D eigenvalue weighted by molar-refractivity contribution is 5.20. The first-order valence-corrected chi connectivity index (χ1v) is 3.99. The van der Waals surface area contributed by atoms with Crippen molar-refractivity contribution in [3.8, 4) is 0 Å². The van der Waals surface area contributed by atoms with Gasteiger partial charge in [-0.25, -0.2) is 17.6 Å². The third kappa shape index (κ3) is 2.45. The molecule has 0 aliphatic rings. The van der Waals surface area contributed by atoms with Crippen LogP contribution >= 0.6 is 0 Å². The lowest BCUT2D eigenvalue weighted by atomic mass is 10.1. The molecule has 1 atom stereocenters. The predicted molar refractivity (Wildman–Crippen MR) is 44.0 cm³/mol. The number of rotatable bonds is 3. The van der Waals surface area contributed by atoms with Gasteiger partial charge in [0.2, 0.25) is 0 Å². The maximum Gasteiger partial charge on any atom is 0.253 e. The Morgan fingerprint density at radius 1 is 1.14 bits per heavy atom. The lowest BCUT2D eigenvalue weighted by molar-refractivity contribution is 0.115. The van der Waals surface area contributed by atoms with E-state index in [1.807, 2.05) is 0 Å². The maximum absolute atomic E-state index is 12.9. The van der Waals surface area contributed by atoms with Crippen LogP contribution in [0.5, 0.6) is 0 Å². The molecule has 0 amide bonds. The van der Waals surface area contributed by atoms with Gasteiger partial charge < -0.3 is 5.73 Å². The van der Waals surface area contributed by atoms with E-state index in [0.29, 0.717) is 0 Å². The van der Waals surface area contributed by atoms with Crippen LogP contribution in [0.25, 0.3) is 0 Å². The summed E-state index contributed by atoms with van der Waals surface area (Å²) in [6.07, 6.45) is -3.29. The molecule has 14 heavy (non-hydrogen) atoms. The highest BCUT2D eigenvalue weighted by atomic mass is 19.3. The Hall–Kier alpha value is -1.10. The predicted octanol–water partition coefficient (Wildman–Crippen LogP) is 2.10. The van der Waals surface area contributed by atoms with Crippen molar-refractivity contribution in [1.29, 1.82) is 0 Å². The third-order valence-corrected chi connectivity index (χ3v) is 1.83. The van der Waals surface area contributed by atoms with Crippen LogP contribution in [0.15, 0.2) is 18.2 Å². The van der Waals surface area contributed by atoms with Crippen LogP contribution < -0.4 is 5.73 Å². The molecule has 0 saturated heterocycles. The second-order valence-electron chi connectivity index (χ2n) is 2.90. The molecule has 0 heterocycles. The average molecular weight is 207 g/mol. The Morgan fingerprint density at radius 2 is 1.64 bits per heavy atom. The quantitative estimate of drug-likeness (QED) is 0.754. The second kappa shape index (κ2) is 4.41. The minimum atomic E-state index is -2.78. The third-order valence-electron chi connectivity index (χ3n) is 1.83. The topological polar surface area (TPSA) is 26.0 Å². The molecule has 1 aromatic rings. The smallest absolute Gasteiger partial charge is 0.253 e. The number of alkyl halides is 2. The van der Waals surface area contributed by atoms with Crippen molar-refractivity contribution in [2.45, 2.75) is 18.9 Å². The number of halogens is 4. The summed E-state index contributed by atoms with van der Waals surface area (Å²) in [5.41, 5.74) is 4.61. The summed E-state index contributed by atoms with van der Waals surface area (Å²) in [7, 11) is 0. The van der Waals surface area contributed by atoms with E-state index < -0.39 is 30.5 Å². The van der Waals surface area contributed by atoms with Crippen molar-refractivity contribution in [1.82, 2.24) is 0 Å². The van der Waals surface area contributed by atoms with E-state index in [2.05, 4.69) is 0 Å². The Bertz CT molecular complexity index is 293. The van der Waals surface area contributed by atoms with Gasteiger partial charge >= 0.3 is 0 Å². The molecule has 1 nitrogen and oxygen atoms in total. The maximum atomic E-state index is 12.9. The largest absolute Gasteiger partial charge is 0.323 e. The Morgan fingerprint density at radius 3 is 2.07 bits per heavy atom. The van der Waals surface area contributed by atoms with Gasteiger partial charge in [-0.1, -0.05) is 6.07 Å². The molecule has 0 spiro atoms. The van der Waals surface area contributed by atoms with Crippen LogP contribution in [-0.2, 0) is 6.42 Å². The zero-order valence-electron chi connectivity index (χ0n) is 7.18. The van der Waals surface area contributed by atoms with Gasteiger partial charge in [0.05, 0.1) is 6.04 Å². The van der Waals surface area contributed by atoms with E-state index in [4.69, 9.17) is 5.73 Å². The normalized spacial score (nSPS) is 13.3. The minimum Gasteiger partial charge on any atom is -0.323 e. The molecular formula is C9H9F4N. The fraction of sp³-hybridized carbons (Fsp3) is 0.333. The molecule has 1 aromatic carbocycles. The highest BCUT2D eigenvalue weighted by Crippen LogP contribution is 2.15. The number of benzene rings is 1. The van der Waals surface area contributed by atoms with Crippen LogP contribution in [0.3, 0.4) is 0 Å². The van der Waals surface area contributed by atoms with Crippen LogP contribution in [-0.4, -0.2) is 12.5 Å². The lowest BCUT2D eigenvalue weighted by Crippen LogP contribution is -2.31. The Kier molecular flexibility index (Phi) is 3.46. The number of nitrogens with two attached hydrogens (primary N) is 1. The summed E-state index contributed by atoms with van der Waals surface area (Å²) >= 11 is 0. The van der Waals surface area contributed by atoms with E-state index in [9.17, 15) is 17.6 Å². The highest BCUT2D eigenvalue weighted by Gasteiger charge is 2.19. The van der Waals surface area contributed by atoms with Gasteiger partial charge in [-0.05, 0) is 18.6 Å². The standard InChI is InChI=1S/C9H9F4N/c10-6-2-1-3-7(11)5(6)4-8(14)9(12)13/h1-3,8-9H,4,14H2. The summed E-state index contributed by atoms with van der Waals surface area (Å²) in [5, 5.41) is 0. The van der Waals surface area contributed by atoms with Crippen molar-refractivity contribution < 1.29 is 17.6 Å². The molecule has 2 N–H and O–H groups in total. The van der Waals surface area contributed by atoms with Crippen molar-refractivity contribution in [2.75, 3.05) is 0 Å². The molecule has 0 aliphatic heterocycles.